The number of ether oxygens (including phenoxy) is 2. The van der Waals surface area contributed by atoms with E-state index in [9.17, 15) is 14.0 Å². The molecule has 2 aromatic rings. The fourth-order valence-corrected chi connectivity index (χ4v) is 3.55. The molecule has 2 N–H and O–H groups in total. The number of carbonyl (C=O) groups is 2. The quantitative estimate of drug-likeness (QED) is 0.766. The minimum Gasteiger partial charge on any atom is -0.464 e. The van der Waals surface area contributed by atoms with Crippen LogP contribution < -0.4 is 5.73 Å². The number of amides is 1. The van der Waals surface area contributed by atoms with Crippen molar-refractivity contribution in [2.24, 2.45) is 0 Å². The summed E-state index contributed by atoms with van der Waals surface area (Å²) in [4.78, 5) is 26.3. The molecule has 0 saturated carbocycles. The molecule has 1 aliphatic heterocycles. The maximum atomic E-state index is 13.3. The van der Waals surface area contributed by atoms with Crippen molar-refractivity contribution in [2.45, 2.75) is 45.1 Å². The number of piperidine rings is 1. The van der Waals surface area contributed by atoms with Crippen molar-refractivity contribution in [3.63, 3.8) is 0 Å². The monoisotopic (exact) mass is 418 g/mol. The second-order valence-corrected chi connectivity index (χ2v) is 8.27. The van der Waals surface area contributed by atoms with Crippen molar-refractivity contribution in [1.82, 2.24) is 14.7 Å². The molecule has 0 atom stereocenters. The number of nitrogens with two attached hydrogens (primary N) is 1. The molecular formula is C21H27FN4O4. The van der Waals surface area contributed by atoms with E-state index in [1.807, 2.05) is 20.8 Å². The number of likely N-dealkylation sites (tertiary alicyclic amines) is 1. The number of anilines is 1. The van der Waals surface area contributed by atoms with Gasteiger partial charge in [-0.05, 0) is 63.8 Å². The summed E-state index contributed by atoms with van der Waals surface area (Å²) in [6.07, 6.45) is 0.842. The number of halogens is 1. The summed E-state index contributed by atoms with van der Waals surface area (Å²) in [6.45, 7) is 6.42. The molecule has 1 amide bonds. The van der Waals surface area contributed by atoms with Crippen LogP contribution in [-0.4, -0.2) is 52.5 Å². The summed E-state index contributed by atoms with van der Waals surface area (Å²) in [5.41, 5.74) is 7.07. The highest BCUT2D eigenvalue weighted by molar-refractivity contribution is 5.91. The Kier molecular flexibility index (Phi) is 6.00. The molecule has 0 unspecified atom stereocenters. The lowest BCUT2D eigenvalue weighted by atomic mass is 9.89. The molecule has 1 saturated heterocycles. The zero-order valence-corrected chi connectivity index (χ0v) is 17.6. The second-order valence-electron chi connectivity index (χ2n) is 8.27. The Bertz CT molecular complexity index is 926. The van der Waals surface area contributed by atoms with Crippen LogP contribution in [-0.2, 0) is 9.47 Å². The predicted octanol–water partition coefficient (Wildman–Crippen LogP) is 3.49. The third kappa shape index (κ3) is 4.55. The standard InChI is InChI=1S/C21H27FN4O4/c1-21(2,3)30-20(28)25-11-9-13(10-12-25)16-17(19(27)29-4)24-26(18(16)23)15-7-5-14(22)6-8-15/h5-8,13H,9-12,23H2,1-4H3. The summed E-state index contributed by atoms with van der Waals surface area (Å²) < 4.78 is 25.0. The van der Waals surface area contributed by atoms with Gasteiger partial charge in [0.1, 0.15) is 17.2 Å². The molecule has 8 nitrogen and oxygen atoms in total. The summed E-state index contributed by atoms with van der Waals surface area (Å²) in [7, 11) is 1.28. The topological polar surface area (TPSA) is 99.7 Å². The van der Waals surface area contributed by atoms with Gasteiger partial charge in [-0.15, -0.1) is 0 Å². The molecule has 1 aromatic heterocycles. The minimum absolute atomic E-state index is 0.0769. The van der Waals surface area contributed by atoms with E-state index in [2.05, 4.69) is 5.10 Å². The van der Waals surface area contributed by atoms with Crippen LogP contribution >= 0.6 is 0 Å². The Labute approximate surface area is 174 Å². The lowest BCUT2D eigenvalue weighted by Crippen LogP contribution is -2.41. The van der Waals surface area contributed by atoms with E-state index in [0.717, 1.165) is 0 Å². The van der Waals surface area contributed by atoms with Crippen LogP contribution in [0.3, 0.4) is 0 Å². The molecule has 0 bridgehead atoms. The largest absolute Gasteiger partial charge is 0.464 e. The van der Waals surface area contributed by atoms with Crippen LogP contribution in [0.5, 0.6) is 0 Å². The molecule has 0 spiro atoms. The number of aromatic nitrogens is 2. The Balaban J connectivity index is 1.86. The van der Waals surface area contributed by atoms with Crippen molar-refractivity contribution in [3.05, 3.63) is 41.3 Å². The Morgan fingerprint density at radius 2 is 1.77 bits per heavy atom. The van der Waals surface area contributed by atoms with E-state index in [4.69, 9.17) is 15.2 Å². The van der Waals surface area contributed by atoms with Gasteiger partial charge in [0.25, 0.3) is 0 Å². The SMILES string of the molecule is COC(=O)c1nn(-c2ccc(F)cc2)c(N)c1C1CCN(C(=O)OC(C)(C)C)CC1. The highest BCUT2D eigenvalue weighted by Crippen LogP contribution is 2.36. The van der Waals surface area contributed by atoms with Crippen molar-refractivity contribution in [2.75, 3.05) is 25.9 Å². The number of esters is 1. The van der Waals surface area contributed by atoms with E-state index >= 15 is 0 Å². The molecule has 1 aliphatic rings. The fraction of sp³-hybridized carbons (Fsp3) is 0.476. The summed E-state index contributed by atoms with van der Waals surface area (Å²) in [5, 5.41) is 4.35. The molecular weight excluding hydrogens is 391 g/mol. The number of methoxy groups -OCH3 is 1. The van der Waals surface area contributed by atoms with Gasteiger partial charge >= 0.3 is 12.1 Å². The Morgan fingerprint density at radius 1 is 1.17 bits per heavy atom. The molecule has 0 radical (unpaired) electrons. The van der Waals surface area contributed by atoms with E-state index in [-0.39, 0.29) is 23.5 Å². The molecule has 9 heteroatoms. The van der Waals surface area contributed by atoms with Crippen molar-refractivity contribution < 1.29 is 23.5 Å². The van der Waals surface area contributed by atoms with Gasteiger partial charge in [0.05, 0.1) is 12.8 Å². The first-order valence-electron chi connectivity index (χ1n) is 9.81. The van der Waals surface area contributed by atoms with Crippen molar-refractivity contribution in [3.8, 4) is 5.69 Å². The first-order chi connectivity index (χ1) is 14.1. The second kappa shape index (κ2) is 8.33. The van der Waals surface area contributed by atoms with Crippen LogP contribution in [0.25, 0.3) is 5.69 Å². The third-order valence-corrected chi connectivity index (χ3v) is 4.96. The molecule has 2 heterocycles. The normalized spacial score (nSPS) is 15.2. The van der Waals surface area contributed by atoms with Gasteiger partial charge < -0.3 is 20.1 Å². The summed E-state index contributed by atoms with van der Waals surface area (Å²) in [6, 6.07) is 5.67. The van der Waals surface area contributed by atoms with Gasteiger partial charge in [-0.25, -0.2) is 18.7 Å². The number of nitrogen functional groups attached to an aromatic ring is 1. The van der Waals surface area contributed by atoms with Gasteiger partial charge in [0, 0.05) is 18.7 Å². The van der Waals surface area contributed by atoms with Gasteiger partial charge in [-0.3, -0.25) is 0 Å². The average Bonchev–Trinajstić information content (AvgIpc) is 3.04. The Morgan fingerprint density at radius 3 is 2.30 bits per heavy atom. The van der Waals surface area contributed by atoms with Crippen LogP contribution in [0, 0.1) is 5.82 Å². The minimum atomic E-state index is -0.591. The molecule has 1 aromatic carbocycles. The number of benzene rings is 1. The lowest BCUT2D eigenvalue weighted by Gasteiger charge is -2.33. The lowest BCUT2D eigenvalue weighted by molar-refractivity contribution is 0.0204. The van der Waals surface area contributed by atoms with Crippen LogP contribution in [0.1, 0.15) is 55.6 Å². The molecule has 0 aliphatic carbocycles. The van der Waals surface area contributed by atoms with Gasteiger partial charge in [-0.2, -0.15) is 5.10 Å². The van der Waals surface area contributed by atoms with E-state index in [0.29, 0.717) is 43.0 Å². The van der Waals surface area contributed by atoms with Crippen molar-refractivity contribution in [1.29, 1.82) is 0 Å². The molecule has 30 heavy (non-hydrogen) atoms. The van der Waals surface area contributed by atoms with Gasteiger partial charge in [-0.1, -0.05) is 0 Å². The Hall–Kier alpha value is -3.10. The first kappa shape index (κ1) is 21.6. The molecule has 162 valence electrons. The van der Waals surface area contributed by atoms with E-state index in [1.165, 1.54) is 36.1 Å². The number of rotatable bonds is 3. The average molecular weight is 418 g/mol. The number of hydrogen-bond acceptors (Lipinski definition) is 6. The first-order valence-corrected chi connectivity index (χ1v) is 9.81. The summed E-state index contributed by atoms with van der Waals surface area (Å²) in [5.74, 6) is -0.746. The fourth-order valence-electron chi connectivity index (χ4n) is 3.55. The van der Waals surface area contributed by atoms with Crippen molar-refractivity contribution >= 4 is 17.9 Å². The molecule has 3 rings (SSSR count). The number of carbonyl (C=O) groups excluding carboxylic acids is 2. The zero-order valence-electron chi connectivity index (χ0n) is 17.6. The highest BCUT2D eigenvalue weighted by Gasteiger charge is 2.33. The van der Waals surface area contributed by atoms with Crippen LogP contribution in [0.15, 0.2) is 24.3 Å². The molecule has 1 fully saturated rings. The van der Waals surface area contributed by atoms with Gasteiger partial charge in [0.15, 0.2) is 5.69 Å². The maximum absolute atomic E-state index is 13.3. The van der Waals surface area contributed by atoms with E-state index < -0.39 is 11.6 Å². The highest BCUT2D eigenvalue weighted by atomic mass is 19.1. The van der Waals surface area contributed by atoms with Crippen LogP contribution in [0.4, 0.5) is 15.0 Å². The van der Waals surface area contributed by atoms with E-state index in [1.54, 1.807) is 4.90 Å². The zero-order chi connectivity index (χ0) is 22.1. The smallest absolute Gasteiger partial charge is 0.410 e. The third-order valence-electron chi connectivity index (χ3n) is 4.96. The number of nitrogens with zero attached hydrogens (tertiary/aromatic N) is 3. The maximum Gasteiger partial charge on any atom is 0.410 e. The number of hydrogen-bond donors (Lipinski definition) is 1. The summed E-state index contributed by atoms with van der Waals surface area (Å²) >= 11 is 0. The van der Waals surface area contributed by atoms with Gasteiger partial charge in [0.2, 0.25) is 0 Å². The predicted molar refractivity (Wildman–Crippen MR) is 109 cm³/mol. The van der Waals surface area contributed by atoms with Crippen LogP contribution in [0.2, 0.25) is 0 Å².